The van der Waals surface area contributed by atoms with E-state index in [4.69, 9.17) is 0 Å². The van der Waals surface area contributed by atoms with Crippen LogP contribution < -0.4 is 0 Å². The molecular formula is C10H19I. The predicted molar refractivity (Wildman–Crippen MR) is 59.2 cm³/mol. The largest absolute Gasteiger partial charge is 0.0861 e. The molecule has 0 aromatic heterocycles. The molecule has 0 N–H and O–H groups in total. The van der Waals surface area contributed by atoms with Crippen molar-refractivity contribution in [2.45, 2.75) is 45.4 Å². The molecule has 1 fully saturated rings. The summed E-state index contributed by atoms with van der Waals surface area (Å²) in [6.07, 6.45) is 8.87. The van der Waals surface area contributed by atoms with Crippen molar-refractivity contribution in [1.29, 1.82) is 0 Å². The highest BCUT2D eigenvalue weighted by molar-refractivity contribution is 14.1. The van der Waals surface area contributed by atoms with Crippen LogP contribution in [0.15, 0.2) is 0 Å². The lowest BCUT2D eigenvalue weighted by atomic mass is 9.93. The first-order valence-corrected chi connectivity index (χ1v) is 6.47. The highest BCUT2D eigenvalue weighted by atomic mass is 127. The first-order valence-electron chi connectivity index (χ1n) is 4.94. The predicted octanol–water partition coefficient (Wildman–Crippen LogP) is 4.03. The van der Waals surface area contributed by atoms with Gasteiger partial charge in [-0.25, -0.2) is 0 Å². The summed E-state index contributed by atoms with van der Waals surface area (Å²) in [5, 5.41) is 0. The number of hydrogen-bond donors (Lipinski definition) is 0. The zero-order valence-corrected chi connectivity index (χ0v) is 9.64. The number of hydrogen-bond acceptors (Lipinski definition) is 0. The molecule has 66 valence electrons. The van der Waals surface area contributed by atoms with Gasteiger partial charge in [0.15, 0.2) is 0 Å². The van der Waals surface area contributed by atoms with Gasteiger partial charge in [0, 0.05) is 4.43 Å². The molecule has 1 saturated carbocycles. The van der Waals surface area contributed by atoms with Crippen molar-refractivity contribution >= 4 is 22.6 Å². The second kappa shape index (κ2) is 5.39. The van der Waals surface area contributed by atoms with Crippen molar-refractivity contribution in [1.82, 2.24) is 0 Å². The topological polar surface area (TPSA) is 0 Å². The van der Waals surface area contributed by atoms with E-state index >= 15 is 0 Å². The minimum atomic E-state index is 1.07. The van der Waals surface area contributed by atoms with E-state index in [0.29, 0.717) is 0 Å². The molecule has 0 heterocycles. The summed E-state index contributed by atoms with van der Waals surface area (Å²) in [4.78, 5) is 0. The van der Waals surface area contributed by atoms with Gasteiger partial charge in [-0.05, 0) is 18.3 Å². The van der Waals surface area contributed by atoms with Crippen molar-refractivity contribution in [2.24, 2.45) is 11.8 Å². The maximum absolute atomic E-state index is 2.56. The van der Waals surface area contributed by atoms with Crippen LogP contribution in [0.25, 0.3) is 0 Å². The molecule has 0 aromatic carbocycles. The van der Waals surface area contributed by atoms with Crippen LogP contribution in [0.1, 0.15) is 45.4 Å². The number of rotatable bonds is 4. The third-order valence-corrected chi connectivity index (χ3v) is 4.07. The summed E-state index contributed by atoms with van der Waals surface area (Å²) in [7, 11) is 0. The summed E-state index contributed by atoms with van der Waals surface area (Å²) in [5.41, 5.74) is 0. The van der Waals surface area contributed by atoms with Crippen LogP contribution >= 0.6 is 22.6 Å². The number of alkyl halides is 1. The van der Waals surface area contributed by atoms with E-state index in [9.17, 15) is 0 Å². The third-order valence-electron chi connectivity index (χ3n) is 2.94. The Balaban J connectivity index is 2.20. The van der Waals surface area contributed by atoms with Crippen molar-refractivity contribution in [2.75, 3.05) is 4.43 Å². The quantitative estimate of drug-likeness (QED) is 0.532. The minimum Gasteiger partial charge on any atom is -0.0861 e. The van der Waals surface area contributed by atoms with Crippen LogP contribution in [0.3, 0.4) is 0 Å². The molecule has 11 heavy (non-hydrogen) atoms. The lowest BCUT2D eigenvalue weighted by Crippen LogP contribution is -2.08. The highest BCUT2D eigenvalue weighted by Gasteiger charge is 2.24. The van der Waals surface area contributed by atoms with E-state index in [2.05, 4.69) is 29.5 Å². The first-order chi connectivity index (χ1) is 5.38. The fourth-order valence-electron chi connectivity index (χ4n) is 2.16. The van der Waals surface area contributed by atoms with E-state index in [0.717, 1.165) is 11.8 Å². The minimum absolute atomic E-state index is 1.07. The van der Waals surface area contributed by atoms with Gasteiger partial charge in [-0.3, -0.25) is 0 Å². The zero-order valence-electron chi connectivity index (χ0n) is 7.48. The molecule has 0 spiro atoms. The maximum atomic E-state index is 2.56. The number of halogens is 1. The van der Waals surface area contributed by atoms with Gasteiger partial charge in [-0.2, -0.15) is 0 Å². The third kappa shape index (κ3) is 2.92. The summed E-state index contributed by atoms with van der Waals surface area (Å²) >= 11 is 2.56. The molecule has 0 aromatic rings. The van der Waals surface area contributed by atoms with E-state index in [1.165, 1.54) is 43.0 Å². The molecule has 0 saturated heterocycles. The van der Waals surface area contributed by atoms with Crippen molar-refractivity contribution < 1.29 is 0 Å². The van der Waals surface area contributed by atoms with E-state index in [1.807, 2.05) is 0 Å². The molecule has 1 heteroatoms. The summed E-state index contributed by atoms with van der Waals surface area (Å²) in [6.45, 7) is 2.30. The zero-order chi connectivity index (χ0) is 8.10. The van der Waals surface area contributed by atoms with E-state index in [1.54, 1.807) is 0 Å². The summed E-state index contributed by atoms with van der Waals surface area (Å²) < 4.78 is 1.39. The molecule has 1 rings (SSSR count). The second-order valence-electron chi connectivity index (χ2n) is 3.75. The van der Waals surface area contributed by atoms with Crippen molar-refractivity contribution in [3.8, 4) is 0 Å². The second-order valence-corrected chi connectivity index (χ2v) is 4.63. The molecule has 0 radical (unpaired) electrons. The molecule has 2 atom stereocenters. The van der Waals surface area contributed by atoms with E-state index < -0.39 is 0 Å². The Morgan fingerprint density at radius 3 is 2.64 bits per heavy atom. The van der Waals surface area contributed by atoms with Crippen molar-refractivity contribution in [3.05, 3.63) is 0 Å². The Morgan fingerprint density at radius 1 is 1.27 bits per heavy atom. The molecule has 2 unspecified atom stereocenters. The van der Waals surface area contributed by atoms with Gasteiger partial charge in [0.25, 0.3) is 0 Å². The SMILES string of the molecule is CCCCC1CCCC1CI. The van der Waals surface area contributed by atoms with Crippen LogP contribution in [0.2, 0.25) is 0 Å². The first kappa shape index (κ1) is 9.82. The molecule has 1 aliphatic rings. The van der Waals surface area contributed by atoms with Crippen LogP contribution in [0.4, 0.5) is 0 Å². The fourth-order valence-corrected chi connectivity index (χ4v) is 3.32. The van der Waals surface area contributed by atoms with Gasteiger partial charge in [0.05, 0.1) is 0 Å². The average molecular weight is 266 g/mol. The van der Waals surface area contributed by atoms with Crippen LogP contribution in [-0.4, -0.2) is 4.43 Å². The molecule has 0 nitrogen and oxygen atoms in total. The normalized spacial score (nSPS) is 31.1. The van der Waals surface area contributed by atoms with Crippen LogP contribution in [0, 0.1) is 11.8 Å². The van der Waals surface area contributed by atoms with Gasteiger partial charge in [0.2, 0.25) is 0 Å². The lowest BCUT2D eigenvalue weighted by molar-refractivity contribution is 0.389. The fraction of sp³-hybridized carbons (Fsp3) is 1.00. The molecular weight excluding hydrogens is 247 g/mol. The lowest BCUT2D eigenvalue weighted by Gasteiger charge is -2.16. The Kier molecular flexibility index (Phi) is 4.81. The molecule has 1 aliphatic carbocycles. The van der Waals surface area contributed by atoms with Gasteiger partial charge < -0.3 is 0 Å². The Morgan fingerprint density at radius 2 is 2.00 bits per heavy atom. The molecule has 0 bridgehead atoms. The molecule has 0 amide bonds. The van der Waals surface area contributed by atoms with Gasteiger partial charge in [-0.1, -0.05) is 61.6 Å². The standard InChI is InChI=1S/C10H19I/c1-2-3-5-9-6-4-7-10(9)8-11/h9-10H,2-8H2,1H3. The monoisotopic (exact) mass is 266 g/mol. The van der Waals surface area contributed by atoms with Gasteiger partial charge in [0.1, 0.15) is 0 Å². The van der Waals surface area contributed by atoms with Gasteiger partial charge in [-0.15, -0.1) is 0 Å². The van der Waals surface area contributed by atoms with Crippen LogP contribution in [0.5, 0.6) is 0 Å². The van der Waals surface area contributed by atoms with Crippen molar-refractivity contribution in [3.63, 3.8) is 0 Å². The highest BCUT2D eigenvalue weighted by Crippen LogP contribution is 2.36. The average Bonchev–Trinajstić information content (AvgIpc) is 2.47. The Labute approximate surface area is 84.3 Å². The van der Waals surface area contributed by atoms with E-state index in [-0.39, 0.29) is 0 Å². The summed E-state index contributed by atoms with van der Waals surface area (Å²) in [5.74, 6) is 2.16. The number of unbranched alkanes of at least 4 members (excludes halogenated alkanes) is 1. The molecule has 0 aliphatic heterocycles. The Bertz CT molecular complexity index is 101. The Hall–Kier alpha value is 0.730. The maximum Gasteiger partial charge on any atom is 0.00263 e. The summed E-state index contributed by atoms with van der Waals surface area (Å²) in [6, 6.07) is 0. The van der Waals surface area contributed by atoms with Crippen LogP contribution in [-0.2, 0) is 0 Å². The smallest absolute Gasteiger partial charge is 0.00263 e. The van der Waals surface area contributed by atoms with Gasteiger partial charge >= 0.3 is 0 Å².